The zero-order chi connectivity index (χ0) is 15.7. The van der Waals surface area contributed by atoms with E-state index >= 15 is 0 Å². The Morgan fingerprint density at radius 2 is 1.73 bits per heavy atom. The van der Waals surface area contributed by atoms with E-state index in [1.807, 2.05) is 4.90 Å². The van der Waals surface area contributed by atoms with E-state index in [0.717, 1.165) is 44.4 Å². The summed E-state index contributed by atoms with van der Waals surface area (Å²) in [5.41, 5.74) is 0.429. The van der Waals surface area contributed by atoms with Gasteiger partial charge in [-0.3, -0.25) is 14.9 Å². The van der Waals surface area contributed by atoms with Gasteiger partial charge in [-0.25, -0.2) is 0 Å². The van der Waals surface area contributed by atoms with Gasteiger partial charge in [0.05, 0.1) is 4.92 Å². The van der Waals surface area contributed by atoms with Gasteiger partial charge in [0.1, 0.15) is 0 Å². The number of nitro benzene ring substituents is 1. The third-order valence-corrected chi connectivity index (χ3v) is 4.86. The normalized spacial score (nSPS) is 24.8. The van der Waals surface area contributed by atoms with Crippen LogP contribution < -0.4 is 0 Å². The first-order valence-electron chi connectivity index (χ1n) is 8.13. The Balaban J connectivity index is 1.81. The van der Waals surface area contributed by atoms with Gasteiger partial charge in [0.2, 0.25) is 0 Å². The molecule has 0 N–H and O–H groups in total. The number of hydrogen-bond donors (Lipinski definition) is 0. The zero-order valence-electron chi connectivity index (χ0n) is 12.9. The van der Waals surface area contributed by atoms with Crippen molar-refractivity contribution in [3.63, 3.8) is 0 Å². The Morgan fingerprint density at radius 1 is 1.14 bits per heavy atom. The molecule has 1 aromatic carbocycles. The first-order chi connectivity index (χ1) is 10.6. The highest BCUT2D eigenvalue weighted by atomic mass is 16.6. The van der Waals surface area contributed by atoms with Crippen molar-refractivity contribution in [1.29, 1.82) is 0 Å². The summed E-state index contributed by atoms with van der Waals surface area (Å²) in [5.74, 6) is 0.705. The zero-order valence-corrected chi connectivity index (χ0v) is 12.9. The maximum absolute atomic E-state index is 12.9. The fraction of sp³-hybridized carbons (Fsp3) is 0.588. The summed E-state index contributed by atoms with van der Waals surface area (Å²) < 4.78 is 0. The minimum absolute atomic E-state index is 0.0149. The molecule has 0 atom stereocenters. The fourth-order valence-electron chi connectivity index (χ4n) is 3.40. The maximum atomic E-state index is 12.9. The van der Waals surface area contributed by atoms with E-state index in [9.17, 15) is 14.9 Å². The number of nitro groups is 1. The molecule has 0 heterocycles. The van der Waals surface area contributed by atoms with Crippen molar-refractivity contribution in [2.75, 3.05) is 0 Å². The summed E-state index contributed by atoms with van der Waals surface area (Å²) in [6.07, 6.45) is 6.56. The van der Waals surface area contributed by atoms with Crippen LogP contribution in [0.2, 0.25) is 0 Å². The van der Waals surface area contributed by atoms with Crippen LogP contribution in [0.4, 0.5) is 5.69 Å². The van der Waals surface area contributed by atoms with Crippen LogP contribution in [-0.2, 0) is 0 Å². The molecule has 22 heavy (non-hydrogen) atoms. The summed E-state index contributed by atoms with van der Waals surface area (Å²) in [6.45, 7) is 2.26. The molecule has 0 aromatic heterocycles. The molecule has 2 fully saturated rings. The quantitative estimate of drug-likeness (QED) is 0.628. The molecule has 5 nitrogen and oxygen atoms in total. The van der Waals surface area contributed by atoms with Crippen LogP contribution in [-0.4, -0.2) is 27.8 Å². The van der Waals surface area contributed by atoms with Gasteiger partial charge in [-0.2, -0.15) is 0 Å². The summed E-state index contributed by atoms with van der Waals surface area (Å²) in [5, 5.41) is 10.9. The van der Waals surface area contributed by atoms with Crippen molar-refractivity contribution >= 4 is 11.6 Å². The Morgan fingerprint density at radius 3 is 2.27 bits per heavy atom. The van der Waals surface area contributed by atoms with Crippen LogP contribution in [0.5, 0.6) is 0 Å². The van der Waals surface area contributed by atoms with Crippen LogP contribution in [0.15, 0.2) is 24.3 Å². The predicted molar refractivity (Wildman–Crippen MR) is 83.7 cm³/mol. The largest absolute Gasteiger partial charge is 0.333 e. The van der Waals surface area contributed by atoms with E-state index in [2.05, 4.69) is 6.92 Å². The molecule has 118 valence electrons. The van der Waals surface area contributed by atoms with Crippen LogP contribution >= 0.6 is 0 Å². The number of carbonyl (C=O) groups is 1. The molecule has 0 saturated heterocycles. The van der Waals surface area contributed by atoms with E-state index in [1.165, 1.54) is 12.1 Å². The highest BCUT2D eigenvalue weighted by Gasteiger charge is 2.38. The van der Waals surface area contributed by atoms with Crippen molar-refractivity contribution in [3.8, 4) is 0 Å². The number of non-ortho nitro benzene ring substituents is 1. The Hall–Kier alpha value is -1.91. The van der Waals surface area contributed by atoms with Gasteiger partial charge in [-0.15, -0.1) is 0 Å². The van der Waals surface area contributed by atoms with Gasteiger partial charge in [-0.05, 0) is 50.5 Å². The van der Waals surface area contributed by atoms with E-state index in [-0.39, 0.29) is 11.6 Å². The van der Waals surface area contributed by atoms with Gasteiger partial charge in [-0.1, -0.05) is 13.0 Å². The molecule has 2 saturated carbocycles. The van der Waals surface area contributed by atoms with Gasteiger partial charge >= 0.3 is 0 Å². The summed E-state index contributed by atoms with van der Waals surface area (Å²) in [4.78, 5) is 25.4. The molecule has 0 unspecified atom stereocenters. The first-order valence-corrected chi connectivity index (χ1v) is 8.13. The lowest BCUT2D eigenvalue weighted by Crippen LogP contribution is -2.43. The number of hydrogen-bond acceptors (Lipinski definition) is 3. The van der Waals surface area contributed by atoms with Crippen molar-refractivity contribution in [3.05, 3.63) is 39.9 Å². The topological polar surface area (TPSA) is 63.5 Å². The molecular weight excluding hydrogens is 280 g/mol. The lowest BCUT2D eigenvalue weighted by molar-refractivity contribution is -0.384. The molecular formula is C17H22N2O3. The van der Waals surface area contributed by atoms with Gasteiger partial charge in [0.15, 0.2) is 0 Å². The third-order valence-electron chi connectivity index (χ3n) is 4.86. The lowest BCUT2D eigenvalue weighted by atomic mass is 9.86. The third kappa shape index (κ3) is 3.13. The Labute approximate surface area is 130 Å². The molecule has 2 aliphatic carbocycles. The van der Waals surface area contributed by atoms with Crippen LogP contribution in [0.3, 0.4) is 0 Å². The monoisotopic (exact) mass is 302 g/mol. The second-order valence-corrected chi connectivity index (χ2v) is 6.66. The maximum Gasteiger partial charge on any atom is 0.270 e. The number of amides is 1. The minimum atomic E-state index is -0.444. The minimum Gasteiger partial charge on any atom is -0.333 e. The SMILES string of the molecule is CC1CCC(N(C(=O)c2cccc([N+](=O)[O-])c2)C2CC2)CC1. The van der Waals surface area contributed by atoms with E-state index in [4.69, 9.17) is 0 Å². The number of nitrogens with zero attached hydrogens (tertiary/aromatic N) is 2. The van der Waals surface area contributed by atoms with Crippen LogP contribution in [0.25, 0.3) is 0 Å². The highest BCUT2D eigenvalue weighted by molar-refractivity contribution is 5.95. The molecule has 0 spiro atoms. The molecule has 1 amide bonds. The molecule has 3 rings (SSSR count). The number of rotatable bonds is 4. The van der Waals surface area contributed by atoms with Crippen molar-refractivity contribution in [2.24, 2.45) is 5.92 Å². The lowest BCUT2D eigenvalue weighted by Gasteiger charge is -2.36. The van der Waals surface area contributed by atoms with Crippen molar-refractivity contribution in [2.45, 2.75) is 57.5 Å². The number of carbonyl (C=O) groups excluding carboxylic acids is 1. The average Bonchev–Trinajstić information content (AvgIpc) is 3.34. The van der Waals surface area contributed by atoms with Gasteiger partial charge in [0, 0.05) is 29.8 Å². The second kappa shape index (κ2) is 6.07. The smallest absolute Gasteiger partial charge is 0.270 e. The van der Waals surface area contributed by atoms with Crippen molar-refractivity contribution in [1.82, 2.24) is 4.90 Å². The standard InChI is InChI=1S/C17H22N2O3/c1-12-5-7-14(8-6-12)18(15-9-10-15)17(20)13-3-2-4-16(11-13)19(21)22/h2-4,11-12,14-15H,5-10H2,1H3. The van der Waals surface area contributed by atoms with Crippen molar-refractivity contribution < 1.29 is 9.72 Å². The van der Waals surface area contributed by atoms with Crippen LogP contribution in [0.1, 0.15) is 55.8 Å². The van der Waals surface area contributed by atoms with E-state index in [1.54, 1.807) is 12.1 Å². The highest BCUT2D eigenvalue weighted by Crippen LogP contribution is 2.36. The molecule has 1 aromatic rings. The second-order valence-electron chi connectivity index (χ2n) is 6.66. The predicted octanol–water partition coefficient (Wildman–Crippen LogP) is 3.78. The van der Waals surface area contributed by atoms with Gasteiger partial charge in [0.25, 0.3) is 11.6 Å². The summed E-state index contributed by atoms with van der Waals surface area (Å²) >= 11 is 0. The molecule has 0 aliphatic heterocycles. The molecule has 0 radical (unpaired) electrons. The molecule has 0 bridgehead atoms. The average molecular weight is 302 g/mol. The molecule has 5 heteroatoms. The Kier molecular flexibility index (Phi) is 4.14. The van der Waals surface area contributed by atoms with E-state index < -0.39 is 4.92 Å². The van der Waals surface area contributed by atoms with E-state index in [0.29, 0.717) is 17.6 Å². The van der Waals surface area contributed by atoms with Gasteiger partial charge < -0.3 is 4.90 Å². The first kappa shape index (κ1) is 15.0. The fourth-order valence-corrected chi connectivity index (χ4v) is 3.40. The number of benzene rings is 1. The summed E-state index contributed by atoms with van der Waals surface area (Å²) in [6, 6.07) is 6.76. The Bertz CT molecular complexity index is 575. The molecule has 2 aliphatic rings. The van der Waals surface area contributed by atoms with Crippen LogP contribution in [0, 0.1) is 16.0 Å². The summed E-state index contributed by atoms with van der Waals surface area (Å²) in [7, 11) is 0.